The molecule has 0 spiro atoms. The van der Waals surface area contributed by atoms with Gasteiger partial charge in [0.2, 0.25) is 5.91 Å². The summed E-state index contributed by atoms with van der Waals surface area (Å²) < 4.78 is 0. The molecule has 0 aromatic rings. The normalized spacial score (nSPS) is 32.8. The van der Waals surface area contributed by atoms with Gasteiger partial charge in [-0.3, -0.25) is 4.79 Å². The third-order valence-electron chi connectivity index (χ3n) is 2.86. The summed E-state index contributed by atoms with van der Waals surface area (Å²) in [6, 6.07) is 0. The van der Waals surface area contributed by atoms with Crippen LogP contribution >= 0.6 is 0 Å². The van der Waals surface area contributed by atoms with Gasteiger partial charge in [-0.2, -0.15) is 0 Å². The number of carbonyl (C=O) groups excluding carboxylic acids is 1. The Balaban J connectivity index is 2.34. The molecule has 1 aliphatic rings. The van der Waals surface area contributed by atoms with Crippen LogP contribution in [0.15, 0.2) is 0 Å². The summed E-state index contributed by atoms with van der Waals surface area (Å²) in [7, 11) is 0. The molecule has 1 rings (SSSR count). The summed E-state index contributed by atoms with van der Waals surface area (Å²) in [6.45, 7) is 1.81. The highest BCUT2D eigenvalue weighted by Crippen LogP contribution is 2.30. The predicted molar refractivity (Wildman–Crippen MR) is 46.3 cm³/mol. The van der Waals surface area contributed by atoms with Crippen molar-refractivity contribution in [2.24, 2.45) is 17.6 Å². The summed E-state index contributed by atoms with van der Waals surface area (Å²) >= 11 is 0. The van der Waals surface area contributed by atoms with Crippen molar-refractivity contribution in [3.63, 3.8) is 0 Å². The van der Waals surface area contributed by atoms with Crippen molar-refractivity contribution in [1.29, 1.82) is 0 Å². The molecule has 0 heterocycles. The minimum absolute atomic E-state index is 0.0556. The number of primary amides is 1. The van der Waals surface area contributed by atoms with Crippen molar-refractivity contribution in [3.05, 3.63) is 0 Å². The minimum atomic E-state index is -0.237. The Kier molecular flexibility index (Phi) is 3.09. The second-order valence-corrected chi connectivity index (χ2v) is 3.75. The maximum absolute atomic E-state index is 10.8. The summed E-state index contributed by atoms with van der Waals surface area (Å²) in [5.41, 5.74) is 5.19. The van der Waals surface area contributed by atoms with Crippen LogP contribution in [0.4, 0.5) is 0 Å². The van der Waals surface area contributed by atoms with Gasteiger partial charge in [0.05, 0.1) is 6.10 Å². The van der Waals surface area contributed by atoms with Gasteiger partial charge < -0.3 is 10.8 Å². The first kappa shape index (κ1) is 9.52. The zero-order valence-electron chi connectivity index (χ0n) is 7.49. The van der Waals surface area contributed by atoms with Crippen molar-refractivity contribution in [3.8, 4) is 0 Å². The molecule has 0 aliphatic heterocycles. The maximum atomic E-state index is 10.8. The molecular formula is C9H17NO2. The van der Waals surface area contributed by atoms with Crippen LogP contribution in [0.25, 0.3) is 0 Å². The lowest BCUT2D eigenvalue weighted by molar-refractivity contribution is -0.123. The maximum Gasteiger partial charge on any atom is 0.220 e. The number of amides is 1. The van der Waals surface area contributed by atoms with E-state index in [0.717, 1.165) is 25.7 Å². The van der Waals surface area contributed by atoms with Gasteiger partial charge in [-0.05, 0) is 38.5 Å². The van der Waals surface area contributed by atoms with Crippen LogP contribution in [0.3, 0.4) is 0 Å². The number of hydrogen-bond acceptors (Lipinski definition) is 2. The average Bonchev–Trinajstić information content (AvgIpc) is 2.04. The fourth-order valence-electron chi connectivity index (χ4n) is 1.89. The summed E-state index contributed by atoms with van der Waals surface area (Å²) in [5, 5.41) is 9.29. The second-order valence-electron chi connectivity index (χ2n) is 3.75. The summed E-state index contributed by atoms with van der Waals surface area (Å²) in [6.07, 6.45) is 3.34. The van der Waals surface area contributed by atoms with E-state index in [1.54, 1.807) is 0 Å². The molecule has 70 valence electrons. The molecule has 0 radical (unpaired) electrons. The first-order valence-corrected chi connectivity index (χ1v) is 4.58. The molecule has 3 nitrogen and oxygen atoms in total. The van der Waals surface area contributed by atoms with Gasteiger partial charge in [-0.15, -0.1) is 0 Å². The highest BCUT2D eigenvalue weighted by molar-refractivity contribution is 5.76. The van der Waals surface area contributed by atoms with Gasteiger partial charge in [-0.1, -0.05) is 0 Å². The second kappa shape index (κ2) is 3.90. The third kappa shape index (κ3) is 2.21. The smallest absolute Gasteiger partial charge is 0.220 e. The molecule has 1 atom stereocenters. The molecule has 0 saturated heterocycles. The number of nitrogens with two attached hydrogens (primary N) is 1. The largest absolute Gasteiger partial charge is 0.393 e. The summed E-state index contributed by atoms with van der Waals surface area (Å²) in [4.78, 5) is 10.8. The van der Waals surface area contributed by atoms with Gasteiger partial charge in [0.15, 0.2) is 0 Å². The molecule has 0 bridgehead atoms. The Bertz CT molecular complexity index is 160. The molecule has 12 heavy (non-hydrogen) atoms. The van der Waals surface area contributed by atoms with E-state index in [1.165, 1.54) is 0 Å². The topological polar surface area (TPSA) is 63.3 Å². The SMILES string of the molecule is CC(O)C1CCC(C(N)=O)CC1. The molecule has 1 fully saturated rings. The zero-order valence-corrected chi connectivity index (χ0v) is 7.49. The Hall–Kier alpha value is -0.570. The molecule has 1 amide bonds. The van der Waals surface area contributed by atoms with Crippen LogP contribution in [-0.4, -0.2) is 17.1 Å². The number of aliphatic hydroxyl groups is 1. The van der Waals surface area contributed by atoms with E-state index < -0.39 is 0 Å². The van der Waals surface area contributed by atoms with Crippen LogP contribution in [0.5, 0.6) is 0 Å². The van der Waals surface area contributed by atoms with Crippen molar-refractivity contribution in [1.82, 2.24) is 0 Å². The molecule has 0 aromatic heterocycles. The molecule has 1 unspecified atom stereocenters. The lowest BCUT2D eigenvalue weighted by Crippen LogP contribution is -2.30. The van der Waals surface area contributed by atoms with E-state index in [1.807, 2.05) is 6.92 Å². The van der Waals surface area contributed by atoms with Crippen LogP contribution in [0, 0.1) is 11.8 Å². The third-order valence-corrected chi connectivity index (χ3v) is 2.86. The van der Waals surface area contributed by atoms with Crippen LogP contribution in [0.1, 0.15) is 32.6 Å². The van der Waals surface area contributed by atoms with Gasteiger partial charge in [0.1, 0.15) is 0 Å². The number of rotatable bonds is 2. The number of aliphatic hydroxyl groups excluding tert-OH is 1. The minimum Gasteiger partial charge on any atom is -0.393 e. The van der Waals surface area contributed by atoms with Gasteiger partial charge >= 0.3 is 0 Å². The van der Waals surface area contributed by atoms with Gasteiger partial charge in [-0.25, -0.2) is 0 Å². The quantitative estimate of drug-likeness (QED) is 0.641. The number of hydrogen-bond donors (Lipinski definition) is 2. The van der Waals surface area contributed by atoms with E-state index in [2.05, 4.69) is 0 Å². The standard InChI is InChI=1S/C9H17NO2/c1-6(11)7-2-4-8(5-3-7)9(10)12/h6-8,11H,2-5H2,1H3,(H2,10,12). The van der Waals surface area contributed by atoms with E-state index in [9.17, 15) is 9.90 Å². The van der Waals surface area contributed by atoms with Gasteiger partial charge in [0, 0.05) is 5.92 Å². The van der Waals surface area contributed by atoms with Crippen LogP contribution < -0.4 is 5.73 Å². The highest BCUT2D eigenvalue weighted by Gasteiger charge is 2.26. The molecular weight excluding hydrogens is 154 g/mol. The first-order valence-electron chi connectivity index (χ1n) is 4.58. The lowest BCUT2D eigenvalue weighted by Gasteiger charge is -2.28. The fraction of sp³-hybridized carbons (Fsp3) is 0.889. The Morgan fingerprint density at radius 2 is 1.92 bits per heavy atom. The van der Waals surface area contributed by atoms with Crippen molar-refractivity contribution < 1.29 is 9.90 Å². The first-order chi connectivity index (χ1) is 5.61. The molecule has 1 aliphatic carbocycles. The van der Waals surface area contributed by atoms with Crippen molar-refractivity contribution in [2.75, 3.05) is 0 Å². The van der Waals surface area contributed by atoms with E-state index in [-0.39, 0.29) is 17.9 Å². The van der Waals surface area contributed by atoms with E-state index in [0.29, 0.717) is 5.92 Å². The molecule has 1 saturated carbocycles. The van der Waals surface area contributed by atoms with Gasteiger partial charge in [0.25, 0.3) is 0 Å². The van der Waals surface area contributed by atoms with Crippen LogP contribution in [0.2, 0.25) is 0 Å². The Morgan fingerprint density at radius 3 is 2.25 bits per heavy atom. The van der Waals surface area contributed by atoms with E-state index >= 15 is 0 Å². The lowest BCUT2D eigenvalue weighted by atomic mass is 9.79. The van der Waals surface area contributed by atoms with E-state index in [4.69, 9.17) is 5.73 Å². The number of carbonyl (C=O) groups is 1. The highest BCUT2D eigenvalue weighted by atomic mass is 16.3. The Labute approximate surface area is 72.9 Å². The monoisotopic (exact) mass is 171 g/mol. The molecule has 3 N–H and O–H groups in total. The molecule has 3 heteroatoms. The van der Waals surface area contributed by atoms with Crippen molar-refractivity contribution in [2.45, 2.75) is 38.7 Å². The molecule has 0 aromatic carbocycles. The van der Waals surface area contributed by atoms with Crippen LogP contribution in [-0.2, 0) is 4.79 Å². The zero-order chi connectivity index (χ0) is 9.14. The fourth-order valence-corrected chi connectivity index (χ4v) is 1.89. The Morgan fingerprint density at radius 1 is 1.42 bits per heavy atom. The summed E-state index contributed by atoms with van der Waals surface area (Å²) in [5.74, 6) is 0.250. The average molecular weight is 171 g/mol. The predicted octanol–water partition coefficient (Wildman–Crippen LogP) is 0.659. The van der Waals surface area contributed by atoms with Crippen molar-refractivity contribution >= 4 is 5.91 Å².